The normalized spacial score (nSPS) is 10.8. The highest BCUT2D eigenvalue weighted by atomic mass is 16.3. The molecule has 0 spiro atoms. The molecule has 0 unspecified atom stereocenters. The molecule has 0 heterocycles. The number of phenols is 1. The predicted molar refractivity (Wildman–Crippen MR) is 74.8 cm³/mol. The summed E-state index contributed by atoms with van der Waals surface area (Å²) in [6, 6.07) is 1.95. The quantitative estimate of drug-likeness (QED) is 0.765. The zero-order chi connectivity index (χ0) is 12.8. The average Bonchev–Trinajstić information content (AvgIpc) is 2.29. The van der Waals surface area contributed by atoms with Crippen LogP contribution in [-0.4, -0.2) is 5.11 Å². The van der Waals surface area contributed by atoms with Gasteiger partial charge in [-0.05, 0) is 60.9 Å². The van der Waals surface area contributed by atoms with E-state index in [1.165, 1.54) is 28.7 Å². The largest absolute Gasteiger partial charge is 0.508 e. The molecule has 0 saturated carbocycles. The van der Waals surface area contributed by atoms with Gasteiger partial charge in [0.05, 0.1) is 0 Å². The monoisotopic (exact) mass is 234 g/mol. The Hall–Kier alpha value is -0.980. The molecule has 0 atom stereocenters. The van der Waals surface area contributed by atoms with E-state index in [0.29, 0.717) is 5.75 Å². The van der Waals surface area contributed by atoms with Crippen LogP contribution >= 0.6 is 0 Å². The number of aromatic hydroxyl groups is 1. The average molecular weight is 234 g/mol. The van der Waals surface area contributed by atoms with Crippen molar-refractivity contribution in [3.8, 4) is 5.75 Å². The Kier molecular flexibility index (Phi) is 5.54. The fourth-order valence-electron chi connectivity index (χ4n) is 2.63. The van der Waals surface area contributed by atoms with E-state index in [0.717, 1.165) is 32.1 Å². The number of hydrogen-bond donors (Lipinski definition) is 1. The van der Waals surface area contributed by atoms with Crippen molar-refractivity contribution in [3.05, 3.63) is 28.3 Å². The van der Waals surface area contributed by atoms with Crippen molar-refractivity contribution in [3.63, 3.8) is 0 Å². The van der Waals surface area contributed by atoms with Crippen LogP contribution in [0.25, 0.3) is 0 Å². The van der Waals surface area contributed by atoms with Crippen LogP contribution < -0.4 is 0 Å². The molecule has 0 aliphatic rings. The van der Waals surface area contributed by atoms with Crippen molar-refractivity contribution in [2.45, 2.75) is 66.2 Å². The Morgan fingerprint density at radius 1 is 0.941 bits per heavy atom. The van der Waals surface area contributed by atoms with Crippen LogP contribution in [0.3, 0.4) is 0 Å². The summed E-state index contributed by atoms with van der Waals surface area (Å²) >= 11 is 0. The van der Waals surface area contributed by atoms with Crippen LogP contribution in [0.5, 0.6) is 5.75 Å². The molecule has 1 N–H and O–H groups in total. The molecule has 1 heteroatoms. The number of hydrogen-bond acceptors (Lipinski definition) is 1. The van der Waals surface area contributed by atoms with Gasteiger partial charge in [-0.2, -0.15) is 0 Å². The van der Waals surface area contributed by atoms with Crippen LogP contribution in [0, 0.1) is 6.92 Å². The van der Waals surface area contributed by atoms with E-state index in [1.807, 2.05) is 6.07 Å². The van der Waals surface area contributed by atoms with E-state index in [4.69, 9.17) is 0 Å². The highest BCUT2D eigenvalue weighted by Crippen LogP contribution is 2.30. The molecule has 0 aliphatic heterocycles. The van der Waals surface area contributed by atoms with Gasteiger partial charge in [0.2, 0.25) is 0 Å². The molecule has 0 bridgehead atoms. The van der Waals surface area contributed by atoms with Gasteiger partial charge in [0.15, 0.2) is 0 Å². The van der Waals surface area contributed by atoms with E-state index < -0.39 is 0 Å². The maximum Gasteiger partial charge on any atom is 0.119 e. The van der Waals surface area contributed by atoms with Crippen molar-refractivity contribution in [2.75, 3.05) is 0 Å². The topological polar surface area (TPSA) is 20.2 Å². The molecular weight excluding hydrogens is 208 g/mol. The van der Waals surface area contributed by atoms with Gasteiger partial charge in [-0.25, -0.2) is 0 Å². The lowest BCUT2D eigenvalue weighted by Crippen LogP contribution is -2.03. The van der Waals surface area contributed by atoms with E-state index in [2.05, 4.69) is 27.7 Å². The summed E-state index contributed by atoms with van der Waals surface area (Å²) in [5, 5.41) is 10.1. The Morgan fingerprint density at radius 3 is 2.18 bits per heavy atom. The van der Waals surface area contributed by atoms with Crippen LogP contribution in [0.15, 0.2) is 6.07 Å². The second-order valence-corrected chi connectivity index (χ2v) is 4.86. The van der Waals surface area contributed by atoms with Gasteiger partial charge in [-0.3, -0.25) is 0 Å². The molecule has 1 nitrogen and oxygen atoms in total. The van der Waals surface area contributed by atoms with E-state index in [-0.39, 0.29) is 0 Å². The smallest absolute Gasteiger partial charge is 0.119 e. The highest BCUT2D eigenvalue weighted by Gasteiger charge is 2.13. The summed E-state index contributed by atoms with van der Waals surface area (Å²) in [7, 11) is 0. The number of unbranched alkanes of at least 4 members (excludes halogenated alkanes) is 1. The Balaban J connectivity index is 3.23. The molecule has 0 aliphatic carbocycles. The first-order chi connectivity index (χ1) is 8.15. The Morgan fingerprint density at radius 2 is 1.65 bits per heavy atom. The molecule has 17 heavy (non-hydrogen) atoms. The minimum atomic E-state index is 0.511. The van der Waals surface area contributed by atoms with Gasteiger partial charge >= 0.3 is 0 Å². The molecule has 1 aromatic carbocycles. The van der Waals surface area contributed by atoms with Gasteiger partial charge in [-0.15, -0.1) is 0 Å². The van der Waals surface area contributed by atoms with E-state index in [1.54, 1.807) is 0 Å². The molecule has 0 fully saturated rings. The Labute approximate surface area is 106 Å². The van der Waals surface area contributed by atoms with Gasteiger partial charge in [0.1, 0.15) is 5.75 Å². The summed E-state index contributed by atoms with van der Waals surface area (Å²) in [5.74, 6) is 0.511. The van der Waals surface area contributed by atoms with E-state index >= 15 is 0 Å². The number of aryl methyl sites for hydroxylation is 1. The first-order valence-electron chi connectivity index (χ1n) is 6.98. The number of phenolic OH excluding ortho intramolecular Hbond substituents is 1. The summed E-state index contributed by atoms with van der Waals surface area (Å²) < 4.78 is 0. The third kappa shape index (κ3) is 3.24. The minimum Gasteiger partial charge on any atom is -0.508 e. The predicted octanol–water partition coefficient (Wildman–Crippen LogP) is 4.56. The van der Waals surface area contributed by atoms with Crippen LogP contribution in [-0.2, 0) is 19.3 Å². The van der Waals surface area contributed by atoms with Crippen LogP contribution in [0.2, 0.25) is 0 Å². The summed E-state index contributed by atoms with van der Waals surface area (Å²) in [6.45, 7) is 8.73. The van der Waals surface area contributed by atoms with Gasteiger partial charge < -0.3 is 5.11 Å². The SMILES string of the molecule is CCCCc1c(O)cc(C)c(CC)c1CCC. The lowest BCUT2D eigenvalue weighted by atomic mass is 9.89. The summed E-state index contributed by atoms with van der Waals surface area (Å²) in [4.78, 5) is 0. The third-order valence-corrected chi connectivity index (χ3v) is 3.50. The van der Waals surface area contributed by atoms with Crippen molar-refractivity contribution >= 4 is 0 Å². The second-order valence-electron chi connectivity index (χ2n) is 4.86. The lowest BCUT2D eigenvalue weighted by molar-refractivity contribution is 0.464. The van der Waals surface area contributed by atoms with E-state index in [9.17, 15) is 5.11 Å². The van der Waals surface area contributed by atoms with Gasteiger partial charge in [0.25, 0.3) is 0 Å². The fraction of sp³-hybridized carbons (Fsp3) is 0.625. The van der Waals surface area contributed by atoms with Crippen LogP contribution in [0.1, 0.15) is 62.3 Å². The highest BCUT2D eigenvalue weighted by molar-refractivity contribution is 5.49. The maximum absolute atomic E-state index is 10.1. The minimum absolute atomic E-state index is 0.511. The van der Waals surface area contributed by atoms with Gasteiger partial charge in [-0.1, -0.05) is 33.6 Å². The zero-order valence-electron chi connectivity index (χ0n) is 11.8. The molecule has 0 radical (unpaired) electrons. The second kappa shape index (κ2) is 6.68. The molecule has 0 saturated heterocycles. The lowest BCUT2D eigenvalue weighted by Gasteiger charge is -2.18. The molecule has 1 rings (SSSR count). The summed E-state index contributed by atoms with van der Waals surface area (Å²) in [6.07, 6.45) is 6.68. The third-order valence-electron chi connectivity index (χ3n) is 3.50. The molecule has 1 aromatic rings. The van der Waals surface area contributed by atoms with Crippen molar-refractivity contribution < 1.29 is 5.11 Å². The first-order valence-corrected chi connectivity index (χ1v) is 6.98. The number of benzene rings is 1. The number of rotatable bonds is 6. The standard InChI is InChI=1S/C16H26O/c1-5-8-10-15-14(9-6-2)13(7-3)12(4)11-16(15)17/h11,17H,5-10H2,1-4H3. The molecule has 0 amide bonds. The maximum atomic E-state index is 10.1. The van der Waals surface area contributed by atoms with Crippen LogP contribution in [0.4, 0.5) is 0 Å². The van der Waals surface area contributed by atoms with Crippen molar-refractivity contribution in [1.82, 2.24) is 0 Å². The molecule has 96 valence electrons. The Bertz CT molecular complexity index is 366. The first kappa shape index (κ1) is 14.1. The fourth-order valence-corrected chi connectivity index (χ4v) is 2.63. The zero-order valence-corrected chi connectivity index (χ0v) is 11.8. The summed E-state index contributed by atoms with van der Waals surface area (Å²) in [5.41, 5.74) is 5.32. The van der Waals surface area contributed by atoms with Gasteiger partial charge in [0, 0.05) is 0 Å². The molecule has 0 aromatic heterocycles. The van der Waals surface area contributed by atoms with Crippen molar-refractivity contribution in [1.29, 1.82) is 0 Å². The van der Waals surface area contributed by atoms with Crippen molar-refractivity contribution in [2.24, 2.45) is 0 Å². The molecular formula is C16H26O.